The van der Waals surface area contributed by atoms with Crippen molar-refractivity contribution in [2.75, 3.05) is 7.11 Å². The highest BCUT2D eigenvalue weighted by atomic mass is 16.5. The molecule has 0 aliphatic heterocycles. The van der Waals surface area contributed by atoms with Gasteiger partial charge in [0.05, 0.1) is 7.11 Å². The number of hydrogen-bond acceptors (Lipinski definition) is 3. The average Bonchev–Trinajstić information content (AvgIpc) is 2.71. The molecule has 0 aliphatic carbocycles. The van der Waals surface area contributed by atoms with Gasteiger partial charge in [0.2, 0.25) is 0 Å². The predicted molar refractivity (Wildman–Crippen MR) is 60.6 cm³/mol. The van der Waals surface area contributed by atoms with E-state index in [2.05, 4.69) is 4.98 Å². The van der Waals surface area contributed by atoms with Gasteiger partial charge in [-0.05, 0) is 24.3 Å². The topological polar surface area (TPSA) is 44.1 Å². The number of methoxy groups -OCH3 is 1. The number of benzene rings is 1. The van der Waals surface area contributed by atoms with E-state index in [0.717, 1.165) is 23.4 Å². The minimum absolute atomic E-state index is 0.438. The minimum atomic E-state index is 0.438. The van der Waals surface area contributed by atoms with Crippen LogP contribution in [0.4, 0.5) is 0 Å². The first-order valence-electron chi connectivity index (χ1n) is 4.87. The Morgan fingerprint density at radius 1 is 1.31 bits per heavy atom. The zero-order valence-electron chi connectivity index (χ0n) is 9.18. The summed E-state index contributed by atoms with van der Waals surface area (Å²) in [6.45, 7) is 0. The second-order valence-electron chi connectivity index (χ2n) is 3.45. The second kappa shape index (κ2) is 4.18. The normalized spacial score (nSPS) is 10.1. The van der Waals surface area contributed by atoms with Crippen molar-refractivity contribution < 1.29 is 9.53 Å². The van der Waals surface area contributed by atoms with E-state index in [1.54, 1.807) is 13.3 Å². The molecule has 0 amide bonds. The quantitative estimate of drug-likeness (QED) is 0.736. The maximum atomic E-state index is 10.6. The summed E-state index contributed by atoms with van der Waals surface area (Å²) in [6, 6.07) is 7.56. The summed E-state index contributed by atoms with van der Waals surface area (Å²) < 4.78 is 6.90. The number of aryl methyl sites for hydroxylation is 1. The molecule has 0 radical (unpaired) electrons. The monoisotopic (exact) mass is 216 g/mol. The minimum Gasteiger partial charge on any atom is -0.497 e. The molecule has 4 nitrogen and oxygen atoms in total. The molecule has 0 saturated heterocycles. The summed E-state index contributed by atoms with van der Waals surface area (Å²) in [6.07, 6.45) is 2.44. The van der Waals surface area contributed by atoms with Crippen LogP contribution in [0.1, 0.15) is 10.5 Å². The Balaban J connectivity index is 2.41. The molecule has 0 atom stereocenters. The van der Waals surface area contributed by atoms with E-state index >= 15 is 0 Å². The van der Waals surface area contributed by atoms with E-state index in [0.29, 0.717) is 5.69 Å². The molecular weight excluding hydrogens is 204 g/mol. The van der Waals surface area contributed by atoms with Crippen molar-refractivity contribution in [3.8, 4) is 17.1 Å². The molecule has 0 bridgehead atoms. The Labute approximate surface area is 93.5 Å². The molecule has 4 heteroatoms. The molecular formula is C12H12N2O2. The number of ether oxygens (including phenoxy) is 1. The highest BCUT2D eigenvalue weighted by Gasteiger charge is 2.06. The van der Waals surface area contributed by atoms with Gasteiger partial charge in [0, 0.05) is 18.8 Å². The maximum absolute atomic E-state index is 10.6. The van der Waals surface area contributed by atoms with Crippen LogP contribution in [-0.2, 0) is 7.05 Å². The first-order chi connectivity index (χ1) is 7.74. The van der Waals surface area contributed by atoms with E-state index in [4.69, 9.17) is 4.74 Å². The van der Waals surface area contributed by atoms with Crippen LogP contribution in [-0.4, -0.2) is 22.9 Å². The molecule has 1 aromatic heterocycles. The summed E-state index contributed by atoms with van der Waals surface area (Å²) in [7, 11) is 3.49. The maximum Gasteiger partial charge on any atom is 0.170 e. The summed E-state index contributed by atoms with van der Waals surface area (Å²) in [4.78, 5) is 14.8. The Bertz CT molecular complexity index is 500. The number of carbonyl (C=O) groups excluding carboxylic acids is 1. The van der Waals surface area contributed by atoms with Gasteiger partial charge < -0.3 is 9.30 Å². The van der Waals surface area contributed by atoms with Crippen molar-refractivity contribution in [2.24, 2.45) is 7.05 Å². The molecule has 1 heterocycles. The predicted octanol–water partition coefficient (Wildman–Crippen LogP) is 1.91. The fraction of sp³-hybridized carbons (Fsp3) is 0.167. The number of imidazole rings is 1. The van der Waals surface area contributed by atoms with Crippen LogP contribution < -0.4 is 4.74 Å². The third-order valence-electron chi connectivity index (χ3n) is 2.36. The highest BCUT2D eigenvalue weighted by Crippen LogP contribution is 2.20. The Hall–Kier alpha value is -2.10. The molecule has 0 N–H and O–H groups in total. The van der Waals surface area contributed by atoms with Crippen molar-refractivity contribution in [2.45, 2.75) is 0 Å². The fourth-order valence-corrected chi connectivity index (χ4v) is 1.55. The van der Waals surface area contributed by atoms with Gasteiger partial charge in [-0.1, -0.05) is 0 Å². The second-order valence-corrected chi connectivity index (χ2v) is 3.45. The van der Waals surface area contributed by atoms with Crippen LogP contribution >= 0.6 is 0 Å². The molecule has 0 fully saturated rings. The van der Waals surface area contributed by atoms with Gasteiger partial charge in [0.25, 0.3) is 0 Å². The number of carbonyl (C=O) groups is 1. The summed E-state index contributed by atoms with van der Waals surface area (Å²) in [5.41, 5.74) is 1.39. The summed E-state index contributed by atoms with van der Waals surface area (Å²) in [5.74, 6) is 1.57. The lowest BCUT2D eigenvalue weighted by Crippen LogP contribution is -1.91. The van der Waals surface area contributed by atoms with Crippen LogP contribution in [0.2, 0.25) is 0 Å². The Kier molecular flexibility index (Phi) is 2.72. The Morgan fingerprint density at radius 2 is 2.00 bits per heavy atom. The molecule has 16 heavy (non-hydrogen) atoms. The number of rotatable bonds is 3. The smallest absolute Gasteiger partial charge is 0.170 e. The van der Waals surface area contributed by atoms with Crippen molar-refractivity contribution >= 4 is 6.29 Å². The van der Waals surface area contributed by atoms with Crippen LogP contribution in [0.3, 0.4) is 0 Å². The van der Waals surface area contributed by atoms with Crippen LogP contribution in [0, 0.1) is 0 Å². The zero-order valence-corrected chi connectivity index (χ0v) is 9.18. The highest BCUT2D eigenvalue weighted by molar-refractivity contribution is 5.73. The van der Waals surface area contributed by atoms with E-state index in [1.165, 1.54) is 0 Å². The van der Waals surface area contributed by atoms with Crippen molar-refractivity contribution in [1.29, 1.82) is 0 Å². The van der Waals surface area contributed by atoms with E-state index in [1.807, 2.05) is 35.9 Å². The van der Waals surface area contributed by atoms with E-state index in [9.17, 15) is 4.79 Å². The van der Waals surface area contributed by atoms with Crippen molar-refractivity contribution in [1.82, 2.24) is 9.55 Å². The fourth-order valence-electron chi connectivity index (χ4n) is 1.55. The van der Waals surface area contributed by atoms with E-state index < -0.39 is 0 Å². The number of nitrogens with zero attached hydrogens (tertiary/aromatic N) is 2. The lowest BCUT2D eigenvalue weighted by molar-refractivity contribution is 0.111. The molecule has 82 valence electrons. The number of hydrogen-bond donors (Lipinski definition) is 0. The van der Waals surface area contributed by atoms with Gasteiger partial charge in [0.15, 0.2) is 6.29 Å². The van der Waals surface area contributed by atoms with Gasteiger partial charge in [-0.25, -0.2) is 4.98 Å². The first kappa shape index (κ1) is 10.4. The zero-order chi connectivity index (χ0) is 11.5. The molecule has 0 aliphatic rings. The molecule has 0 spiro atoms. The average molecular weight is 216 g/mol. The standard InChI is InChI=1S/C12H12N2O2/c1-14-7-10(8-15)13-12(14)9-3-5-11(16-2)6-4-9/h3-8H,1-2H3. The third-order valence-corrected chi connectivity index (χ3v) is 2.36. The van der Waals surface area contributed by atoms with Crippen LogP contribution in [0.15, 0.2) is 30.5 Å². The van der Waals surface area contributed by atoms with Gasteiger partial charge in [-0.2, -0.15) is 0 Å². The third kappa shape index (κ3) is 1.82. The molecule has 0 unspecified atom stereocenters. The van der Waals surface area contributed by atoms with Crippen LogP contribution in [0.25, 0.3) is 11.4 Å². The summed E-state index contributed by atoms with van der Waals surface area (Å²) in [5, 5.41) is 0. The van der Waals surface area contributed by atoms with Crippen molar-refractivity contribution in [3.63, 3.8) is 0 Å². The lowest BCUT2D eigenvalue weighted by atomic mass is 10.2. The largest absolute Gasteiger partial charge is 0.497 e. The Morgan fingerprint density at radius 3 is 2.50 bits per heavy atom. The van der Waals surface area contributed by atoms with Gasteiger partial charge in [0.1, 0.15) is 17.3 Å². The number of aromatic nitrogens is 2. The van der Waals surface area contributed by atoms with Crippen LogP contribution in [0.5, 0.6) is 5.75 Å². The van der Waals surface area contributed by atoms with Gasteiger partial charge in [-0.3, -0.25) is 4.79 Å². The van der Waals surface area contributed by atoms with Gasteiger partial charge >= 0.3 is 0 Å². The van der Waals surface area contributed by atoms with Gasteiger partial charge in [-0.15, -0.1) is 0 Å². The first-order valence-corrected chi connectivity index (χ1v) is 4.87. The molecule has 2 rings (SSSR count). The van der Waals surface area contributed by atoms with E-state index in [-0.39, 0.29) is 0 Å². The SMILES string of the molecule is COc1ccc(-c2nc(C=O)cn2C)cc1. The molecule has 0 saturated carbocycles. The number of aldehydes is 1. The molecule has 2 aromatic rings. The summed E-state index contributed by atoms with van der Waals surface area (Å²) >= 11 is 0. The lowest BCUT2D eigenvalue weighted by Gasteiger charge is -2.03. The van der Waals surface area contributed by atoms with Crippen molar-refractivity contribution in [3.05, 3.63) is 36.2 Å². The molecule has 1 aromatic carbocycles.